The molecular formula is C19H15ClN2O4. The third-order valence-corrected chi connectivity index (χ3v) is 4.27. The van der Waals surface area contributed by atoms with Crippen LogP contribution in [-0.4, -0.2) is 41.5 Å². The fourth-order valence-corrected chi connectivity index (χ4v) is 2.88. The van der Waals surface area contributed by atoms with Gasteiger partial charge in [-0.15, -0.1) is 0 Å². The standard InChI is InChI=1S/C19H15ClN2O4/c20-13-5-3-4-12(10-13)16(23)11-21-17(24)8-9-22-18(25)14-6-1-2-7-15(14)19(22)26/h1-7,10H,8-9,11H2,(H,21,24). The van der Waals surface area contributed by atoms with Crippen molar-refractivity contribution >= 4 is 35.1 Å². The van der Waals surface area contributed by atoms with Crippen molar-refractivity contribution in [1.29, 1.82) is 0 Å². The van der Waals surface area contributed by atoms with Crippen LogP contribution in [0.5, 0.6) is 0 Å². The van der Waals surface area contributed by atoms with Crippen molar-refractivity contribution in [1.82, 2.24) is 10.2 Å². The number of fused-ring (bicyclic) bond motifs is 1. The number of Topliss-reactive ketones (excluding diaryl/α,β-unsaturated/α-hetero) is 1. The van der Waals surface area contributed by atoms with Gasteiger partial charge < -0.3 is 5.32 Å². The summed E-state index contributed by atoms with van der Waals surface area (Å²) in [6, 6.07) is 13.0. The first-order valence-electron chi connectivity index (χ1n) is 7.98. The summed E-state index contributed by atoms with van der Waals surface area (Å²) in [5.41, 5.74) is 1.08. The lowest BCUT2D eigenvalue weighted by molar-refractivity contribution is -0.121. The number of imide groups is 1. The Kier molecular flexibility index (Phi) is 5.14. The summed E-state index contributed by atoms with van der Waals surface area (Å²) >= 11 is 5.83. The van der Waals surface area contributed by atoms with Crippen molar-refractivity contribution in [2.24, 2.45) is 0 Å². The van der Waals surface area contributed by atoms with E-state index < -0.39 is 17.7 Å². The highest BCUT2D eigenvalue weighted by molar-refractivity contribution is 6.31. The SMILES string of the molecule is O=C(CCN1C(=O)c2ccccc2C1=O)NCC(=O)c1cccc(Cl)c1. The Balaban J connectivity index is 1.51. The molecule has 0 saturated heterocycles. The first kappa shape index (κ1) is 17.8. The Morgan fingerprint density at radius 3 is 2.23 bits per heavy atom. The van der Waals surface area contributed by atoms with Gasteiger partial charge in [0.05, 0.1) is 17.7 Å². The van der Waals surface area contributed by atoms with Gasteiger partial charge in [-0.2, -0.15) is 0 Å². The molecule has 1 heterocycles. The maximum Gasteiger partial charge on any atom is 0.261 e. The highest BCUT2D eigenvalue weighted by Crippen LogP contribution is 2.22. The van der Waals surface area contributed by atoms with Crippen LogP contribution in [0.1, 0.15) is 37.5 Å². The summed E-state index contributed by atoms with van der Waals surface area (Å²) in [7, 11) is 0. The van der Waals surface area contributed by atoms with Crippen LogP contribution in [0.4, 0.5) is 0 Å². The van der Waals surface area contributed by atoms with Gasteiger partial charge in [-0.05, 0) is 24.3 Å². The molecule has 0 bridgehead atoms. The van der Waals surface area contributed by atoms with Crippen LogP contribution in [0.15, 0.2) is 48.5 Å². The zero-order chi connectivity index (χ0) is 18.7. The summed E-state index contributed by atoms with van der Waals surface area (Å²) in [6.07, 6.45) is -0.0751. The summed E-state index contributed by atoms with van der Waals surface area (Å²) in [5, 5.41) is 2.93. The van der Waals surface area contributed by atoms with Gasteiger partial charge in [-0.3, -0.25) is 24.1 Å². The fraction of sp³-hybridized carbons (Fsp3) is 0.158. The number of nitrogens with one attached hydrogen (secondary N) is 1. The Bertz CT molecular complexity index is 875. The summed E-state index contributed by atoms with van der Waals surface area (Å²) in [4.78, 5) is 49.4. The molecule has 7 heteroatoms. The molecule has 0 fully saturated rings. The molecule has 0 unspecified atom stereocenters. The van der Waals surface area contributed by atoms with Crippen LogP contribution in [0.3, 0.4) is 0 Å². The number of halogens is 1. The summed E-state index contributed by atoms with van der Waals surface area (Å²) in [5.74, 6) is -1.51. The van der Waals surface area contributed by atoms with Crippen molar-refractivity contribution < 1.29 is 19.2 Å². The molecule has 1 aliphatic heterocycles. The monoisotopic (exact) mass is 370 g/mol. The topological polar surface area (TPSA) is 83.6 Å². The van der Waals surface area contributed by atoms with Crippen LogP contribution in [0.2, 0.25) is 5.02 Å². The largest absolute Gasteiger partial charge is 0.349 e. The summed E-state index contributed by atoms with van der Waals surface area (Å²) in [6.45, 7) is -0.217. The highest BCUT2D eigenvalue weighted by Gasteiger charge is 2.34. The molecule has 0 radical (unpaired) electrons. The maximum atomic E-state index is 12.2. The fourth-order valence-electron chi connectivity index (χ4n) is 2.69. The second-order valence-corrected chi connectivity index (χ2v) is 6.20. The zero-order valence-corrected chi connectivity index (χ0v) is 14.5. The maximum absolute atomic E-state index is 12.2. The van der Waals surface area contributed by atoms with Crippen molar-refractivity contribution in [2.75, 3.05) is 13.1 Å². The number of carbonyl (C=O) groups excluding carboxylic acids is 4. The van der Waals surface area contributed by atoms with Gasteiger partial charge in [0.2, 0.25) is 5.91 Å². The van der Waals surface area contributed by atoms with Gasteiger partial charge in [0.1, 0.15) is 0 Å². The number of benzene rings is 2. The van der Waals surface area contributed by atoms with E-state index >= 15 is 0 Å². The van der Waals surface area contributed by atoms with Crippen LogP contribution in [-0.2, 0) is 4.79 Å². The number of rotatable bonds is 6. The molecule has 3 amide bonds. The molecule has 2 aromatic carbocycles. The number of amides is 3. The Hall–Kier alpha value is -2.99. The van der Waals surface area contributed by atoms with Crippen LogP contribution in [0, 0.1) is 0 Å². The molecule has 0 spiro atoms. The zero-order valence-electron chi connectivity index (χ0n) is 13.7. The van der Waals surface area contributed by atoms with Crippen LogP contribution in [0.25, 0.3) is 0 Å². The second-order valence-electron chi connectivity index (χ2n) is 5.77. The molecule has 26 heavy (non-hydrogen) atoms. The third-order valence-electron chi connectivity index (χ3n) is 4.03. The van der Waals surface area contributed by atoms with E-state index in [1.165, 1.54) is 6.07 Å². The van der Waals surface area contributed by atoms with Gasteiger partial charge in [0, 0.05) is 23.6 Å². The van der Waals surface area contributed by atoms with E-state index in [0.29, 0.717) is 21.7 Å². The van der Waals surface area contributed by atoms with Crippen molar-refractivity contribution in [3.05, 3.63) is 70.2 Å². The van der Waals surface area contributed by atoms with E-state index in [0.717, 1.165) is 4.90 Å². The molecule has 0 saturated carbocycles. The molecule has 1 aliphatic rings. The number of ketones is 1. The number of nitrogens with zero attached hydrogens (tertiary/aromatic N) is 1. The molecular weight excluding hydrogens is 356 g/mol. The predicted molar refractivity (Wildman–Crippen MR) is 95.2 cm³/mol. The number of carbonyl (C=O) groups is 4. The predicted octanol–water partition coefficient (Wildman–Crippen LogP) is 2.33. The smallest absolute Gasteiger partial charge is 0.261 e. The van der Waals surface area contributed by atoms with Crippen LogP contribution >= 0.6 is 11.6 Å². The van der Waals surface area contributed by atoms with Gasteiger partial charge in [-0.1, -0.05) is 35.9 Å². The first-order chi connectivity index (χ1) is 12.5. The average molecular weight is 371 g/mol. The minimum absolute atomic E-state index is 0.0382. The van der Waals surface area contributed by atoms with E-state index in [-0.39, 0.29) is 25.3 Å². The lowest BCUT2D eigenvalue weighted by atomic mass is 10.1. The normalized spacial score (nSPS) is 12.9. The Morgan fingerprint density at radius 2 is 1.62 bits per heavy atom. The lowest BCUT2D eigenvalue weighted by Crippen LogP contribution is -2.36. The number of hydrogen-bond donors (Lipinski definition) is 1. The van der Waals surface area contributed by atoms with Gasteiger partial charge in [0.25, 0.3) is 11.8 Å². The minimum Gasteiger partial charge on any atom is -0.349 e. The van der Waals surface area contributed by atoms with Gasteiger partial charge in [-0.25, -0.2) is 0 Å². The Morgan fingerprint density at radius 1 is 0.962 bits per heavy atom. The molecule has 1 N–H and O–H groups in total. The summed E-state index contributed by atoms with van der Waals surface area (Å²) < 4.78 is 0. The van der Waals surface area contributed by atoms with E-state index in [9.17, 15) is 19.2 Å². The van der Waals surface area contributed by atoms with E-state index in [4.69, 9.17) is 11.6 Å². The molecule has 3 rings (SSSR count). The van der Waals surface area contributed by atoms with Crippen LogP contribution < -0.4 is 5.32 Å². The Labute approximate surface area is 154 Å². The first-order valence-corrected chi connectivity index (χ1v) is 8.36. The molecule has 132 valence electrons. The van der Waals surface area contributed by atoms with Crippen molar-refractivity contribution in [3.8, 4) is 0 Å². The van der Waals surface area contributed by atoms with E-state index in [2.05, 4.69) is 5.32 Å². The molecule has 0 aromatic heterocycles. The highest BCUT2D eigenvalue weighted by atomic mass is 35.5. The quantitative estimate of drug-likeness (QED) is 0.624. The van der Waals surface area contributed by atoms with E-state index in [1.807, 2.05) is 0 Å². The second kappa shape index (κ2) is 7.49. The van der Waals surface area contributed by atoms with Gasteiger partial charge in [0.15, 0.2) is 5.78 Å². The molecule has 6 nitrogen and oxygen atoms in total. The lowest BCUT2D eigenvalue weighted by Gasteiger charge is -2.13. The minimum atomic E-state index is -0.420. The molecule has 0 aliphatic carbocycles. The average Bonchev–Trinajstić information content (AvgIpc) is 2.89. The van der Waals surface area contributed by atoms with Crippen molar-refractivity contribution in [2.45, 2.75) is 6.42 Å². The molecule has 0 atom stereocenters. The molecule has 2 aromatic rings. The van der Waals surface area contributed by atoms with Gasteiger partial charge >= 0.3 is 0 Å². The van der Waals surface area contributed by atoms with Crippen molar-refractivity contribution in [3.63, 3.8) is 0 Å². The third kappa shape index (κ3) is 3.65. The van der Waals surface area contributed by atoms with E-state index in [1.54, 1.807) is 42.5 Å². The number of hydrogen-bond acceptors (Lipinski definition) is 4.